The Labute approximate surface area is 303 Å². The fourth-order valence-electron chi connectivity index (χ4n) is 6.98. The molecule has 1 fully saturated rings. The molecular weight excluding hydrogens is 638 g/mol. The summed E-state index contributed by atoms with van der Waals surface area (Å²) >= 11 is 0. The van der Waals surface area contributed by atoms with Crippen molar-refractivity contribution in [3.8, 4) is 11.1 Å². The molecule has 0 atom stereocenters. The van der Waals surface area contributed by atoms with Crippen LogP contribution in [0.3, 0.4) is 0 Å². The van der Waals surface area contributed by atoms with Crippen molar-refractivity contribution in [2.45, 2.75) is 99.0 Å². The summed E-state index contributed by atoms with van der Waals surface area (Å²) < 4.78 is 7.70. The van der Waals surface area contributed by atoms with E-state index in [1.165, 1.54) is 28.8 Å². The van der Waals surface area contributed by atoms with Crippen molar-refractivity contribution < 1.29 is 19.1 Å². The number of amides is 1. The number of ether oxygens (including phenoxy) is 1. The number of anilines is 1. The van der Waals surface area contributed by atoms with Crippen LogP contribution in [0, 0.1) is 6.92 Å². The Kier molecular flexibility index (Phi) is 13.3. The van der Waals surface area contributed by atoms with Gasteiger partial charge < -0.3 is 14.2 Å². The van der Waals surface area contributed by atoms with E-state index in [1.807, 2.05) is 54.6 Å². The lowest BCUT2D eigenvalue weighted by molar-refractivity contribution is -0.117. The van der Waals surface area contributed by atoms with Crippen molar-refractivity contribution in [2.24, 2.45) is 0 Å². The number of nitrogens with one attached hydrogen (secondary N) is 1. The summed E-state index contributed by atoms with van der Waals surface area (Å²) in [5.74, 6) is 0.882. The van der Waals surface area contributed by atoms with E-state index >= 15 is 0 Å². The van der Waals surface area contributed by atoms with Crippen LogP contribution in [-0.4, -0.2) is 62.7 Å². The smallest absolute Gasteiger partial charge is 0.411 e. The van der Waals surface area contributed by atoms with Crippen LogP contribution in [0.1, 0.15) is 92.1 Å². The summed E-state index contributed by atoms with van der Waals surface area (Å²) in [6, 6.07) is 24.5. The van der Waals surface area contributed by atoms with Crippen LogP contribution >= 0.6 is 0 Å². The standard InChI is InChI=1S/C22H26N2O3.C20H27N3O/c1-17(25)11-14-24-15-12-19(13-16-24)27-22(26)23-21-10-6-5-9-20(21)18-7-3-2-4-8-18;1-5-7-17-10-16(9-8-14(17)3)11-22-12-18-19(13-22)23(6-2)20(21-18)15(4)24/h2-10,19H,11-16H2,1H3,(H,23,26);8-10H,5-7,11-13H2,1-4H3. The number of Topliss-reactive ketones (excluding diaryl/α,β-unsaturated/α-hetero) is 2. The molecule has 0 aliphatic carbocycles. The Morgan fingerprint density at radius 3 is 2.31 bits per heavy atom. The predicted octanol–water partition coefficient (Wildman–Crippen LogP) is 8.23. The van der Waals surface area contributed by atoms with Crippen molar-refractivity contribution in [2.75, 3.05) is 25.0 Å². The van der Waals surface area contributed by atoms with Crippen LogP contribution in [0.15, 0.2) is 72.8 Å². The number of carbonyl (C=O) groups is 3. The molecule has 0 spiro atoms. The van der Waals surface area contributed by atoms with Gasteiger partial charge in [-0.25, -0.2) is 9.78 Å². The van der Waals surface area contributed by atoms with Gasteiger partial charge in [-0.1, -0.05) is 80.1 Å². The van der Waals surface area contributed by atoms with Gasteiger partial charge in [-0.15, -0.1) is 0 Å². The lowest BCUT2D eigenvalue weighted by atomic mass is 10.0. The van der Waals surface area contributed by atoms with E-state index in [4.69, 9.17) is 4.74 Å². The van der Waals surface area contributed by atoms with Crippen LogP contribution in [0.4, 0.5) is 10.5 Å². The highest BCUT2D eigenvalue weighted by molar-refractivity contribution is 5.92. The Bertz CT molecular complexity index is 1790. The van der Waals surface area contributed by atoms with Crippen LogP contribution in [0.5, 0.6) is 0 Å². The van der Waals surface area contributed by atoms with Gasteiger partial charge in [-0.05, 0) is 68.4 Å². The number of hydrogen-bond acceptors (Lipinski definition) is 7. The molecule has 2 aliphatic heterocycles. The van der Waals surface area contributed by atoms with Gasteiger partial charge in [0, 0.05) is 64.7 Å². The maximum absolute atomic E-state index is 12.4. The topological polar surface area (TPSA) is 96.8 Å². The summed E-state index contributed by atoms with van der Waals surface area (Å²) in [6.07, 6.45) is 4.00. The van der Waals surface area contributed by atoms with Gasteiger partial charge in [0.2, 0.25) is 0 Å². The molecule has 1 amide bonds. The summed E-state index contributed by atoms with van der Waals surface area (Å²) in [5.41, 5.74) is 9.25. The predicted molar refractivity (Wildman–Crippen MR) is 203 cm³/mol. The van der Waals surface area contributed by atoms with E-state index < -0.39 is 6.09 Å². The Morgan fingerprint density at radius 1 is 0.902 bits per heavy atom. The van der Waals surface area contributed by atoms with E-state index in [2.05, 4.69) is 63.6 Å². The molecule has 51 heavy (non-hydrogen) atoms. The fourth-order valence-corrected chi connectivity index (χ4v) is 6.98. The average Bonchev–Trinajstić information content (AvgIpc) is 3.68. The van der Waals surface area contributed by atoms with Crippen molar-refractivity contribution >= 4 is 23.3 Å². The highest BCUT2D eigenvalue weighted by Crippen LogP contribution is 2.29. The van der Waals surface area contributed by atoms with E-state index in [1.54, 1.807) is 13.8 Å². The average molecular weight is 692 g/mol. The molecular formula is C42H53N5O4. The fraction of sp³-hybridized carbons (Fsp3) is 0.429. The maximum Gasteiger partial charge on any atom is 0.411 e. The van der Waals surface area contributed by atoms with Gasteiger partial charge in [0.15, 0.2) is 11.6 Å². The monoisotopic (exact) mass is 691 g/mol. The van der Waals surface area contributed by atoms with Crippen LogP contribution in [0.2, 0.25) is 0 Å². The second kappa shape index (κ2) is 18.1. The molecule has 1 saturated heterocycles. The van der Waals surface area contributed by atoms with E-state index in [-0.39, 0.29) is 17.7 Å². The molecule has 270 valence electrons. The maximum atomic E-state index is 12.4. The number of piperidine rings is 1. The number of hydrogen-bond donors (Lipinski definition) is 1. The Morgan fingerprint density at radius 2 is 1.63 bits per heavy atom. The lowest BCUT2D eigenvalue weighted by Crippen LogP contribution is -2.39. The minimum atomic E-state index is -0.416. The van der Waals surface area contributed by atoms with Crippen LogP contribution in [0.25, 0.3) is 11.1 Å². The van der Waals surface area contributed by atoms with Gasteiger partial charge in [0.1, 0.15) is 11.9 Å². The first-order chi connectivity index (χ1) is 24.6. The molecule has 2 aliphatic rings. The number of likely N-dealkylation sites (tertiary alicyclic amines) is 1. The highest BCUT2D eigenvalue weighted by Gasteiger charge is 2.28. The molecule has 3 aromatic carbocycles. The number of rotatable bonds is 12. The zero-order valence-electron chi connectivity index (χ0n) is 30.9. The number of ketones is 2. The Balaban J connectivity index is 0.000000199. The van der Waals surface area contributed by atoms with E-state index in [9.17, 15) is 14.4 Å². The molecule has 0 saturated carbocycles. The van der Waals surface area contributed by atoms with Gasteiger partial charge in [-0.2, -0.15) is 0 Å². The molecule has 3 heterocycles. The minimum Gasteiger partial charge on any atom is -0.446 e. The number of aromatic nitrogens is 2. The van der Waals surface area contributed by atoms with E-state index in [0.717, 1.165) is 87.6 Å². The number of para-hydroxylation sites is 1. The second-order valence-corrected chi connectivity index (χ2v) is 13.7. The number of nitrogens with zero attached hydrogens (tertiary/aromatic N) is 4. The van der Waals surface area contributed by atoms with Crippen LogP contribution in [-0.2, 0) is 42.1 Å². The zero-order valence-corrected chi connectivity index (χ0v) is 30.9. The molecule has 9 heteroatoms. The van der Waals surface area contributed by atoms with Gasteiger partial charge in [0.05, 0.1) is 17.1 Å². The third-order valence-corrected chi connectivity index (χ3v) is 9.71. The second-order valence-electron chi connectivity index (χ2n) is 13.7. The molecule has 0 bridgehead atoms. The van der Waals surface area contributed by atoms with Gasteiger partial charge in [-0.3, -0.25) is 19.8 Å². The lowest BCUT2D eigenvalue weighted by Gasteiger charge is -2.31. The first-order valence-electron chi connectivity index (χ1n) is 18.4. The first kappa shape index (κ1) is 37.7. The number of aryl methyl sites for hydroxylation is 2. The molecule has 0 radical (unpaired) electrons. The quantitative estimate of drug-likeness (QED) is 0.150. The molecule has 6 rings (SSSR count). The summed E-state index contributed by atoms with van der Waals surface area (Å²) in [4.78, 5) is 44.5. The molecule has 0 unspecified atom stereocenters. The first-order valence-corrected chi connectivity index (χ1v) is 18.4. The van der Waals surface area contributed by atoms with Crippen LogP contribution < -0.4 is 5.32 Å². The highest BCUT2D eigenvalue weighted by atomic mass is 16.6. The SMILES string of the molecule is CC(=O)CCN1CCC(OC(=O)Nc2ccccc2-c2ccccc2)CC1.CCCc1cc(CN2Cc3nc(C(C)=O)n(CC)c3C2)ccc1C. The number of carbonyl (C=O) groups excluding carboxylic acids is 3. The number of imidazole rings is 1. The largest absolute Gasteiger partial charge is 0.446 e. The minimum absolute atomic E-state index is 0.0561. The third-order valence-electron chi connectivity index (χ3n) is 9.71. The summed E-state index contributed by atoms with van der Waals surface area (Å²) in [7, 11) is 0. The molecule has 1 aromatic heterocycles. The van der Waals surface area contributed by atoms with Crippen molar-refractivity contribution in [3.05, 3.63) is 107 Å². The zero-order chi connectivity index (χ0) is 36.3. The normalized spacial score (nSPS) is 14.8. The summed E-state index contributed by atoms with van der Waals surface area (Å²) in [6.45, 7) is 15.7. The Hall–Kier alpha value is -4.60. The molecule has 4 aromatic rings. The van der Waals surface area contributed by atoms with Crippen molar-refractivity contribution in [3.63, 3.8) is 0 Å². The molecule has 9 nitrogen and oxygen atoms in total. The van der Waals surface area contributed by atoms with Gasteiger partial charge in [0.25, 0.3) is 0 Å². The van der Waals surface area contributed by atoms with Gasteiger partial charge >= 0.3 is 6.09 Å². The van der Waals surface area contributed by atoms with E-state index in [0.29, 0.717) is 12.2 Å². The summed E-state index contributed by atoms with van der Waals surface area (Å²) in [5, 5.41) is 2.89. The van der Waals surface area contributed by atoms with Crippen molar-refractivity contribution in [1.82, 2.24) is 19.4 Å². The number of fused-ring (bicyclic) bond motifs is 1. The molecule has 1 N–H and O–H groups in total. The number of benzene rings is 3. The third kappa shape index (κ3) is 10.2. The van der Waals surface area contributed by atoms with Crippen molar-refractivity contribution in [1.29, 1.82) is 0 Å².